The van der Waals surface area contributed by atoms with Gasteiger partial charge in [-0.2, -0.15) is 0 Å². The second kappa shape index (κ2) is 6.37. The van der Waals surface area contributed by atoms with Crippen LogP contribution in [0.1, 0.15) is 48.7 Å². The number of nitrogens with zero attached hydrogens (tertiary/aromatic N) is 2. The molecule has 3 heteroatoms. The fraction of sp³-hybridized carbons (Fsp3) is 0.320. The van der Waals surface area contributed by atoms with Crippen LogP contribution >= 0.6 is 0 Å². The number of aryl methyl sites for hydroxylation is 4. The minimum Gasteiger partial charge on any atom is -0.451 e. The third-order valence-electron chi connectivity index (χ3n) is 5.52. The van der Waals surface area contributed by atoms with Crippen molar-refractivity contribution in [3.8, 4) is 11.5 Å². The van der Waals surface area contributed by atoms with Gasteiger partial charge in [-0.25, -0.2) is 0 Å². The molecule has 0 spiro atoms. The van der Waals surface area contributed by atoms with Gasteiger partial charge >= 0.3 is 0 Å². The van der Waals surface area contributed by atoms with E-state index in [0.29, 0.717) is 0 Å². The van der Waals surface area contributed by atoms with Crippen molar-refractivity contribution in [2.75, 3.05) is 4.90 Å². The highest BCUT2D eigenvalue weighted by Crippen LogP contribution is 2.53. The van der Waals surface area contributed by atoms with E-state index in [-0.39, 0.29) is 5.41 Å². The molecule has 0 unspecified atom stereocenters. The van der Waals surface area contributed by atoms with Gasteiger partial charge in [0.1, 0.15) is 0 Å². The van der Waals surface area contributed by atoms with Crippen LogP contribution in [-0.2, 0) is 5.41 Å². The molecular formula is C25H28N2O. The molecule has 1 aliphatic heterocycles. The summed E-state index contributed by atoms with van der Waals surface area (Å²) in [4.78, 5) is 6.80. The molecule has 0 saturated carbocycles. The molecule has 0 saturated heterocycles. The lowest BCUT2D eigenvalue weighted by Crippen LogP contribution is -2.20. The molecule has 0 N–H and O–H groups in total. The monoisotopic (exact) mass is 372 g/mol. The Labute approximate surface area is 168 Å². The number of fused-ring (bicyclic) bond motifs is 2. The molecule has 4 rings (SSSR count). The van der Waals surface area contributed by atoms with Gasteiger partial charge in [0.15, 0.2) is 11.5 Å². The van der Waals surface area contributed by atoms with Crippen LogP contribution in [-0.4, -0.2) is 4.98 Å². The number of para-hydroxylation sites is 1. The highest BCUT2D eigenvalue weighted by Gasteiger charge is 2.30. The van der Waals surface area contributed by atoms with E-state index in [1.54, 1.807) is 0 Å². The third kappa shape index (κ3) is 2.86. The number of rotatable bonds is 1. The van der Waals surface area contributed by atoms with Gasteiger partial charge in [0.25, 0.3) is 0 Å². The summed E-state index contributed by atoms with van der Waals surface area (Å²) in [6.45, 7) is 15.3. The second-order valence-electron chi connectivity index (χ2n) is 8.81. The van der Waals surface area contributed by atoms with Crippen molar-refractivity contribution in [1.29, 1.82) is 0 Å². The van der Waals surface area contributed by atoms with Gasteiger partial charge in [-0.3, -0.25) is 4.98 Å². The predicted molar refractivity (Wildman–Crippen MR) is 117 cm³/mol. The number of ether oxygens (including phenoxy) is 1. The summed E-state index contributed by atoms with van der Waals surface area (Å²) >= 11 is 0. The zero-order valence-corrected chi connectivity index (χ0v) is 17.8. The first kappa shape index (κ1) is 18.5. The Morgan fingerprint density at radius 1 is 0.821 bits per heavy atom. The molecule has 2 aromatic carbocycles. The average molecular weight is 373 g/mol. The van der Waals surface area contributed by atoms with Crippen molar-refractivity contribution >= 4 is 17.1 Å². The summed E-state index contributed by atoms with van der Waals surface area (Å²) in [7, 11) is 0. The minimum absolute atomic E-state index is 0.117. The average Bonchev–Trinajstić information content (AvgIpc) is 2.61. The molecule has 0 fully saturated rings. The first-order valence-corrected chi connectivity index (χ1v) is 9.83. The lowest BCUT2D eigenvalue weighted by molar-refractivity contribution is 0.466. The normalized spacial score (nSPS) is 13.0. The molecule has 3 aromatic rings. The van der Waals surface area contributed by atoms with Crippen LogP contribution < -0.4 is 9.64 Å². The number of anilines is 3. The summed E-state index contributed by atoms with van der Waals surface area (Å²) in [5.41, 5.74) is 9.36. The highest BCUT2D eigenvalue weighted by atomic mass is 16.5. The molecule has 0 bridgehead atoms. The van der Waals surface area contributed by atoms with E-state index in [1.165, 1.54) is 22.4 Å². The van der Waals surface area contributed by atoms with E-state index >= 15 is 0 Å². The molecule has 28 heavy (non-hydrogen) atoms. The number of benzene rings is 2. The molecule has 2 heterocycles. The fourth-order valence-electron chi connectivity index (χ4n) is 4.00. The van der Waals surface area contributed by atoms with Crippen LogP contribution in [0, 0.1) is 27.7 Å². The minimum atomic E-state index is 0.117. The van der Waals surface area contributed by atoms with Crippen LogP contribution in [0.4, 0.5) is 17.1 Å². The van der Waals surface area contributed by atoms with Crippen LogP contribution in [0.25, 0.3) is 0 Å². The van der Waals surface area contributed by atoms with Crippen LogP contribution in [0.2, 0.25) is 0 Å². The maximum Gasteiger partial charge on any atom is 0.172 e. The second-order valence-corrected chi connectivity index (χ2v) is 8.81. The Balaban J connectivity index is 2.02. The van der Waals surface area contributed by atoms with Crippen molar-refractivity contribution in [2.24, 2.45) is 0 Å². The van der Waals surface area contributed by atoms with E-state index in [4.69, 9.17) is 4.74 Å². The maximum absolute atomic E-state index is 6.34. The summed E-state index contributed by atoms with van der Waals surface area (Å²) < 4.78 is 6.34. The topological polar surface area (TPSA) is 25.4 Å². The number of hydrogen-bond donors (Lipinski definition) is 0. The molecule has 0 aliphatic carbocycles. The van der Waals surface area contributed by atoms with E-state index in [0.717, 1.165) is 34.1 Å². The first-order valence-electron chi connectivity index (χ1n) is 9.83. The Morgan fingerprint density at radius 2 is 1.46 bits per heavy atom. The summed E-state index contributed by atoms with van der Waals surface area (Å²) in [6, 6.07) is 13.0. The summed E-state index contributed by atoms with van der Waals surface area (Å²) in [5, 5.41) is 0. The lowest BCUT2D eigenvalue weighted by atomic mass is 9.84. The molecule has 1 aliphatic rings. The van der Waals surface area contributed by atoms with Gasteiger partial charge in [0.2, 0.25) is 0 Å². The molecule has 0 amide bonds. The summed E-state index contributed by atoms with van der Waals surface area (Å²) in [6.07, 6.45) is 1.86. The maximum atomic E-state index is 6.34. The van der Waals surface area contributed by atoms with E-state index in [9.17, 15) is 0 Å². The van der Waals surface area contributed by atoms with Gasteiger partial charge in [0.05, 0.1) is 22.8 Å². The van der Waals surface area contributed by atoms with Gasteiger partial charge in [0, 0.05) is 6.20 Å². The first-order chi connectivity index (χ1) is 13.2. The summed E-state index contributed by atoms with van der Waals surface area (Å²) in [5.74, 6) is 1.74. The standard InChI is InChI=1S/C25H28N2O/c1-15-9-8-10-20-23(15)28-24-18(4)26-12-11-21(24)27(20)22-16(2)13-19(14-17(22)3)25(5,6)7/h8-14H,1-7H3. The number of hydrogen-bond acceptors (Lipinski definition) is 3. The zero-order valence-electron chi connectivity index (χ0n) is 17.8. The van der Waals surface area contributed by atoms with Gasteiger partial charge in [-0.05, 0) is 67.5 Å². The van der Waals surface area contributed by atoms with E-state index < -0.39 is 0 Å². The number of aromatic nitrogens is 1. The SMILES string of the molecule is Cc1cccc2c1Oc1c(ccnc1C)N2c1c(C)cc(C(C)(C)C)cc1C. The predicted octanol–water partition coefficient (Wildman–Crippen LogP) is 7.19. The molecule has 3 nitrogen and oxygen atoms in total. The third-order valence-corrected chi connectivity index (χ3v) is 5.52. The Kier molecular flexibility index (Phi) is 4.22. The fourth-order valence-corrected chi connectivity index (χ4v) is 4.00. The molecule has 144 valence electrons. The lowest BCUT2D eigenvalue weighted by Gasteiger charge is -2.36. The van der Waals surface area contributed by atoms with E-state index in [1.807, 2.05) is 19.2 Å². The highest BCUT2D eigenvalue weighted by molar-refractivity contribution is 5.89. The van der Waals surface area contributed by atoms with Crippen LogP contribution in [0.5, 0.6) is 11.5 Å². The van der Waals surface area contributed by atoms with Crippen LogP contribution in [0.15, 0.2) is 42.6 Å². The van der Waals surface area contributed by atoms with Crippen LogP contribution in [0.3, 0.4) is 0 Å². The smallest absolute Gasteiger partial charge is 0.172 e. The largest absolute Gasteiger partial charge is 0.451 e. The molecule has 0 atom stereocenters. The van der Waals surface area contributed by atoms with Gasteiger partial charge in [-0.1, -0.05) is 45.0 Å². The van der Waals surface area contributed by atoms with Gasteiger partial charge < -0.3 is 9.64 Å². The Bertz CT molecular complexity index is 1000. The quantitative estimate of drug-likeness (QED) is 0.353. The zero-order chi connectivity index (χ0) is 20.2. The van der Waals surface area contributed by atoms with Gasteiger partial charge in [-0.15, -0.1) is 0 Å². The van der Waals surface area contributed by atoms with Crippen molar-refractivity contribution < 1.29 is 4.74 Å². The number of pyridine rings is 1. The van der Waals surface area contributed by atoms with Crippen molar-refractivity contribution in [3.63, 3.8) is 0 Å². The Hall–Kier alpha value is -2.81. The van der Waals surface area contributed by atoms with Crippen molar-refractivity contribution in [1.82, 2.24) is 4.98 Å². The van der Waals surface area contributed by atoms with Crippen molar-refractivity contribution in [3.05, 3.63) is 70.5 Å². The van der Waals surface area contributed by atoms with E-state index in [2.05, 4.69) is 81.8 Å². The molecular weight excluding hydrogens is 344 g/mol. The molecule has 0 radical (unpaired) electrons. The van der Waals surface area contributed by atoms with Crippen molar-refractivity contribution in [2.45, 2.75) is 53.9 Å². The Morgan fingerprint density at radius 3 is 2.11 bits per heavy atom. The molecule has 1 aromatic heterocycles.